The lowest BCUT2D eigenvalue weighted by atomic mass is 10.2. The highest BCUT2D eigenvalue weighted by Crippen LogP contribution is 2.38. The van der Waals surface area contributed by atoms with Crippen LogP contribution in [0, 0.1) is 11.3 Å². The summed E-state index contributed by atoms with van der Waals surface area (Å²) in [5.41, 5.74) is 1.11. The second-order valence-corrected chi connectivity index (χ2v) is 5.34. The lowest BCUT2D eigenvalue weighted by Crippen LogP contribution is -2.30. The van der Waals surface area contributed by atoms with Gasteiger partial charge in [0.1, 0.15) is 5.25 Å². The Bertz CT molecular complexity index is 400. The summed E-state index contributed by atoms with van der Waals surface area (Å²) in [5, 5.41) is 12.3. The Morgan fingerprint density at radius 1 is 1.57 bits per heavy atom. The normalized spacial score (nSPS) is 24.6. The van der Waals surface area contributed by atoms with E-state index in [2.05, 4.69) is 27.3 Å². The van der Waals surface area contributed by atoms with Gasteiger partial charge in [-0.3, -0.25) is 0 Å². The van der Waals surface area contributed by atoms with Gasteiger partial charge in [0.05, 0.1) is 6.07 Å². The average molecular weight is 269 g/mol. The van der Waals surface area contributed by atoms with Crippen LogP contribution in [0.15, 0.2) is 27.6 Å². The molecule has 1 aliphatic rings. The highest BCUT2D eigenvalue weighted by molar-refractivity contribution is 9.10. The van der Waals surface area contributed by atoms with Gasteiger partial charge >= 0.3 is 0 Å². The third kappa shape index (κ3) is 1.75. The highest BCUT2D eigenvalue weighted by atomic mass is 79.9. The van der Waals surface area contributed by atoms with Crippen molar-refractivity contribution in [3.63, 3.8) is 0 Å². The second kappa shape index (κ2) is 3.84. The van der Waals surface area contributed by atoms with Crippen molar-refractivity contribution in [3.8, 4) is 6.07 Å². The molecule has 0 aromatic heterocycles. The van der Waals surface area contributed by atoms with Gasteiger partial charge in [0, 0.05) is 21.1 Å². The van der Waals surface area contributed by atoms with Crippen molar-refractivity contribution in [3.05, 3.63) is 22.7 Å². The minimum atomic E-state index is 0.00340. The lowest BCUT2D eigenvalue weighted by molar-refractivity contribution is 0.819. The molecule has 0 aliphatic carbocycles. The Morgan fingerprint density at radius 2 is 2.36 bits per heavy atom. The Hall–Kier alpha value is -0.660. The molecule has 1 aliphatic heterocycles. The van der Waals surface area contributed by atoms with Gasteiger partial charge in [-0.15, -0.1) is 11.8 Å². The fourth-order valence-electron chi connectivity index (χ4n) is 1.42. The number of halogens is 1. The van der Waals surface area contributed by atoms with E-state index in [1.165, 1.54) is 0 Å². The van der Waals surface area contributed by atoms with Crippen LogP contribution in [0.3, 0.4) is 0 Å². The summed E-state index contributed by atoms with van der Waals surface area (Å²) in [7, 11) is 0. The minimum Gasteiger partial charge on any atom is -0.379 e. The minimum absolute atomic E-state index is 0.00340. The van der Waals surface area contributed by atoms with E-state index < -0.39 is 0 Å². The molecule has 0 amide bonds. The standard InChI is InChI=1S/C10H9BrN2S/c1-6-10(5-12)14-9-3-2-7(11)4-8(9)13-6/h2-4,6,10,13H,1H3. The van der Waals surface area contributed by atoms with Crippen LogP contribution in [0.4, 0.5) is 5.69 Å². The molecule has 1 N–H and O–H groups in total. The van der Waals surface area contributed by atoms with Gasteiger partial charge in [-0.25, -0.2) is 0 Å². The largest absolute Gasteiger partial charge is 0.379 e. The molecule has 0 saturated carbocycles. The van der Waals surface area contributed by atoms with E-state index >= 15 is 0 Å². The van der Waals surface area contributed by atoms with Crippen molar-refractivity contribution in [2.24, 2.45) is 0 Å². The first kappa shape index (κ1) is 9.88. The second-order valence-electron chi connectivity index (χ2n) is 3.24. The van der Waals surface area contributed by atoms with Crippen LogP contribution in [-0.2, 0) is 0 Å². The zero-order valence-corrected chi connectivity index (χ0v) is 10.0. The number of nitriles is 1. The quantitative estimate of drug-likeness (QED) is 0.785. The SMILES string of the molecule is CC1Nc2cc(Br)ccc2SC1C#N. The number of rotatable bonds is 0. The summed E-state index contributed by atoms with van der Waals surface area (Å²) < 4.78 is 1.06. The summed E-state index contributed by atoms with van der Waals surface area (Å²) in [4.78, 5) is 1.15. The summed E-state index contributed by atoms with van der Waals surface area (Å²) >= 11 is 5.06. The van der Waals surface area contributed by atoms with Crippen LogP contribution >= 0.6 is 27.7 Å². The molecule has 0 radical (unpaired) electrons. The molecule has 72 valence electrons. The maximum Gasteiger partial charge on any atom is 0.116 e. The molecule has 4 heteroatoms. The van der Waals surface area contributed by atoms with Gasteiger partial charge < -0.3 is 5.32 Å². The number of thioether (sulfide) groups is 1. The summed E-state index contributed by atoms with van der Waals surface area (Å²) in [6.07, 6.45) is 0. The molecule has 2 rings (SSSR count). The van der Waals surface area contributed by atoms with Crippen molar-refractivity contribution in [1.82, 2.24) is 0 Å². The highest BCUT2D eigenvalue weighted by Gasteiger charge is 2.25. The predicted octanol–water partition coefficient (Wildman–Crippen LogP) is 3.25. The third-order valence-corrected chi connectivity index (χ3v) is 4.03. The monoisotopic (exact) mass is 268 g/mol. The molecule has 0 saturated heterocycles. The number of benzene rings is 1. The Kier molecular flexibility index (Phi) is 2.71. The molecule has 0 bridgehead atoms. The zero-order chi connectivity index (χ0) is 10.1. The van der Waals surface area contributed by atoms with E-state index in [1.807, 2.05) is 25.1 Å². The number of anilines is 1. The summed E-state index contributed by atoms with van der Waals surface area (Å²) in [5.74, 6) is 0. The lowest BCUT2D eigenvalue weighted by Gasteiger charge is -2.27. The summed E-state index contributed by atoms with van der Waals surface area (Å²) in [6.45, 7) is 2.03. The molecule has 2 atom stereocenters. The van der Waals surface area contributed by atoms with Crippen molar-refractivity contribution in [2.45, 2.75) is 23.1 Å². The van der Waals surface area contributed by atoms with Gasteiger partial charge in [-0.1, -0.05) is 15.9 Å². The maximum absolute atomic E-state index is 8.92. The van der Waals surface area contributed by atoms with Crippen molar-refractivity contribution in [2.75, 3.05) is 5.32 Å². The van der Waals surface area contributed by atoms with Gasteiger partial charge in [0.15, 0.2) is 0 Å². The third-order valence-electron chi connectivity index (χ3n) is 2.16. The van der Waals surface area contributed by atoms with E-state index in [1.54, 1.807) is 11.8 Å². The smallest absolute Gasteiger partial charge is 0.116 e. The molecule has 0 spiro atoms. The maximum atomic E-state index is 8.92. The average Bonchev–Trinajstić information content (AvgIpc) is 2.16. The van der Waals surface area contributed by atoms with E-state index in [0.29, 0.717) is 0 Å². The molecular formula is C10H9BrN2S. The van der Waals surface area contributed by atoms with Gasteiger partial charge in [-0.05, 0) is 25.1 Å². The van der Waals surface area contributed by atoms with Gasteiger partial charge in [0.2, 0.25) is 0 Å². The molecule has 0 fully saturated rings. The van der Waals surface area contributed by atoms with Crippen LogP contribution in [0.25, 0.3) is 0 Å². The molecular weight excluding hydrogens is 260 g/mol. The molecule has 14 heavy (non-hydrogen) atoms. The van der Waals surface area contributed by atoms with Crippen molar-refractivity contribution >= 4 is 33.4 Å². The summed E-state index contributed by atoms with van der Waals surface area (Å²) in [6, 6.07) is 8.58. The van der Waals surface area contributed by atoms with Crippen LogP contribution in [0.5, 0.6) is 0 Å². The Labute approximate surface area is 95.8 Å². The number of nitrogens with one attached hydrogen (secondary N) is 1. The van der Waals surface area contributed by atoms with Gasteiger partial charge in [-0.2, -0.15) is 5.26 Å². The van der Waals surface area contributed by atoms with Crippen LogP contribution in [0.2, 0.25) is 0 Å². The predicted molar refractivity (Wildman–Crippen MR) is 62.5 cm³/mol. The molecule has 1 heterocycles. The number of fused-ring (bicyclic) bond motifs is 1. The molecule has 2 unspecified atom stereocenters. The first-order chi connectivity index (χ1) is 6.70. The van der Waals surface area contributed by atoms with Crippen LogP contribution in [-0.4, -0.2) is 11.3 Å². The van der Waals surface area contributed by atoms with E-state index in [4.69, 9.17) is 5.26 Å². The van der Waals surface area contributed by atoms with Crippen molar-refractivity contribution < 1.29 is 0 Å². The fraction of sp³-hybridized carbons (Fsp3) is 0.300. The number of nitrogens with zero attached hydrogens (tertiary/aromatic N) is 1. The zero-order valence-electron chi connectivity index (χ0n) is 7.62. The number of hydrogen-bond acceptors (Lipinski definition) is 3. The molecule has 2 nitrogen and oxygen atoms in total. The first-order valence-corrected chi connectivity index (χ1v) is 6.00. The van der Waals surface area contributed by atoms with Gasteiger partial charge in [0.25, 0.3) is 0 Å². The Balaban J connectivity index is 2.36. The van der Waals surface area contributed by atoms with E-state index in [9.17, 15) is 0 Å². The molecule has 1 aromatic rings. The topological polar surface area (TPSA) is 35.8 Å². The number of hydrogen-bond donors (Lipinski definition) is 1. The van der Waals surface area contributed by atoms with Crippen molar-refractivity contribution in [1.29, 1.82) is 5.26 Å². The Morgan fingerprint density at radius 3 is 3.07 bits per heavy atom. The molecule has 1 aromatic carbocycles. The van der Waals surface area contributed by atoms with Crippen LogP contribution < -0.4 is 5.32 Å². The van der Waals surface area contributed by atoms with E-state index in [-0.39, 0.29) is 11.3 Å². The first-order valence-electron chi connectivity index (χ1n) is 4.33. The van der Waals surface area contributed by atoms with Crippen LogP contribution in [0.1, 0.15) is 6.92 Å². The fourth-order valence-corrected chi connectivity index (χ4v) is 2.77. The van der Waals surface area contributed by atoms with E-state index in [0.717, 1.165) is 15.1 Å².